The zero-order valence-electron chi connectivity index (χ0n) is 8.33. The largest absolute Gasteiger partial charge is 0.504 e. The Kier molecular flexibility index (Phi) is 3.17. The van der Waals surface area contributed by atoms with Crippen LogP contribution in [-0.2, 0) is 6.42 Å². The van der Waals surface area contributed by atoms with Gasteiger partial charge in [-0.1, -0.05) is 15.9 Å². The Morgan fingerprint density at radius 1 is 1.40 bits per heavy atom. The molecule has 0 amide bonds. The van der Waals surface area contributed by atoms with Gasteiger partial charge < -0.3 is 15.5 Å². The molecule has 1 aromatic carbocycles. The number of hydrogen-bond donors (Lipinski definition) is 3. The first kappa shape index (κ1) is 10.8. The van der Waals surface area contributed by atoms with Crippen molar-refractivity contribution >= 4 is 15.9 Å². The fourth-order valence-corrected chi connectivity index (χ4v) is 2.49. The highest BCUT2D eigenvalue weighted by Gasteiger charge is 2.17. The summed E-state index contributed by atoms with van der Waals surface area (Å²) in [7, 11) is 0. The van der Waals surface area contributed by atoms with E-state index < -0.39 is 0 Å². The zero-order valence-corrected chi connectivity index (χ0v) is 9.92. The Balaban J connectivity index is 2.19. The number of hydrogen-bond acceptors (Lipinski definition) is 3. The monoisotopic (exact) mass is 271 g/mol. The summed E-state index contributed by atoms with van der Waals surface area (Å²) >= 11 is 3.30. The third-order valence-corrected chi connectivity index (χ3v) is 3.22. The summed E-state index contributed by atoms with van der Waals surface area (Å²) in [6, 6.07) is 3.78. The van der Waals surface area contributed by atoms with Crippen molar-refractivity contribution < 1.29 is 10.2 Å². The predicted octanol–water partition coefficient (Wildman–Crippen LogP) is 2.15. The van der Waals surface area contributed by atoms with Crippen LogP contribution >= 0.6 is 15.9 Å². The molecule has 3 N–H and O–H groups in total. The number of rotatable bonds is 2. The average molecular weight is 272 g/mol. The van der Waals surface area contributed by atoms with Crippen molar-refractivity contribution in [1.82, 2.24) is 5.32 Å². The number of aromatic hydroxyl groups is 2. The van der Waals surface area contributed by atoms with Gasteiger partial charge in [-0.3, -0.25) is 0 Å². The predicted molar refractivity (Wildman–Crippen MR) is 62.2 cm³/mol. The normalized spacial score (nSPS) is 20.7. The molecule has 0 bridgehead atoms. The van der Waals surface area contributed by atoms with Gasteiger partial charge in [-0.05, 0) is 37.9 Å². The van der Waals surface area contributed by atoms with E-state index >= 15 is 0 Å². The van der Waals surface area contributed by atoms with Crippen LogP contribution in [0.2, 0.25) is 0 Å². The van der Waals surface area contributed by atoms with Gasteiger partial charge >= 0.3 is 0 Å². The van der Waals surface area contributed by atoms with Gasteiger partial charge in [-0.15, -0.1) is 0 Å². The van der Waals surface area contributed by atoms with Gasteiger partial charge in [0.1, 0.15) is 0 Å². The molecule has 1 aliphatic heterocycles. The quantitative estimate of drug-likeness (QED) is 0.723. The Morgan fingerprint density at radius 3 is 2.87 bits per heavy atom. The van der Waals surface area contributed by atoms with Crippen molar-refractivity contribution in [3.05, 3.63) is 22.2 Å². The molecule has 1 unspecified atom stereocenters. The average Bonchev–Trinajstić information content (AvgIpc) is 2.66. The van der Waals surface area contributed by atoms with Crippen LogP contribution in [0.5, 0.6) is 11.5 Å². The lowest BCUT2D eigenvalue weighted by atomic mass is 10.0. The first-order chi connectivity index (χ1) is 7.16. The van der Waals surface area contributed by atoms with Crippen LogP contribution < -0.4 is 5.32 Å². The fraction of sp³-hybridized carbons (Fsp3) is 0.455. The van der Waals surface area contributed by atoms with Gasteiger partial charge in [-0.25, -0.2) is 0 Å². The lowest BCUT2D eigenvalue weighted by molar-refractivity contribution is 0.396. The van der Waals surface area contributed by atoms with E-state index in [0.29, 0.717) is 6.04 Å². The molecule has 4 heteroatoms. The Hall–Kier alpha value is -0.740. The highest BCUT2D eigenvalue weighted by atomic mass is 79.9. The number of nitrogens with one attached hydrogen (secondary N) is 1. The second-order valence-corrected chi connectivity index (χ2v) is 4.85. The molecular weight excluding hydrogens is 258 g/mol. The van der Waals surface area contributed by atoms with E-state index in [0.717, 1.165) is 29.4 Å². The van der Waals surface area contributed by atoms with Crippen LogP contribution in [0.15, 0.2) is 16.6 Å². The molecule has 0 aromatic heterocycles. The molecule has 1 saturated heterocycles. The van der Waals surface area contributed by atoms with E-state index in [4.69, 9.17) is 0 Å². The minimum absolute atomic E-state index is 0.00639. The van der Waals surface area contributed by atoms with Crippen LogP contribution in [0, 0.1) is 0 Å². The molecule has 82 valence electrons. The van der Waals surface area contributed by atoms with Gasteiger partial charge in [-0.2, -0.15) is 0 Å². The second-order valence-electron chi connectivity index (χ2n) is 3.93. The molecule has 15 heavy (non-hydrogen) atoms. The Morgan fingerprint density at radius 2 is 2.20 bits per heavy atom. The van der Waals surface area contributed by atoms with E-state index in [9.17, 15) is 10.2 Å². The lowest BCUT2D eigenvalue weighted by Crippen LogP contribution is -2.23. The summed E-state index contributed by atoms with van der Waals surface area (Å²) < 4.78 is 0.797. The van der Waals surface area contributed by atoms with Gasteiger partial charge in [0.15, 0.2) is 11.5 Å². The van der Waals surface area contributed by atoms with Crippen LogP contribution in [-0.4, -0.2) is 22.8 Å². The Bertz CT molecular complexity index is 362. The number of halogens is 1. The van der Waals surface area contributed by atoms with Gasteiger partial charge in [0.05, 0.1) is 0 Å². The van der Waals surface area contributed by atoms with Crippen molar-refractivity contribution in [2.75, 3.05) is 6.54 Å². The first-order valence-electron chi connectivity index (χ1n) is 5.10. The van der Waals surface area contributed by atoms with Gasteiger partial charge in [0, 0.05) is 16.1 Å². The van der Waals surface area contributed by atoms with Crippen molar-refractivity contribution in [2.24, 2.45) is 0 Å². The van der Waals surface area contributed by atoms with Crippen LogP contribution in [0.3, 0.4) is 0 Å². The molecule has 2 rings (SSSR count). The van der Waals surface area contributed by atoms with E-state index in [1.54, 1.807) is 0 Å². The maximum absolute atomic E-state index is 9.68. The van der Waals surface area contributed by atoms with E-state index in [-0.39, 0.29) is 11.5 Å². The topological polar surface area (TPSA) is 52.5 Å². The van der Waals surface area contributed by atoms with Crippen LogP contribution in [0.1, 0.15) is 18.4 Å². The molecule has 0 spiro atoms. The fourth-order valence-electron chi connectivity index (χ4n) is 1.99. The third-order valence-electron chi connectivity index (χ3n) is 2.76. The maximum atomic E-state index is 9.68. The molecule has 0 radical (unpaired) electrons. The van der Waals surface area contributed by atoms with Crippen molar-refractivity contribution in [1.29, 1.82) is 0 Å². The highest BCUT2D eigenvalue weighted by molar-refractivity contribution is 9.10. The molecule has 1 fully saturated rings. The van der Waals surface area contributed by atoms with Crippen molar-refractivity contribution in [2.45, 2.75) is 25.3 Å². The lowest BCUT2D eigenvalue weighted by Gasteiger charge is -2.12. The first-order valence-corrected chi connectivity index (χ1v) is 5.90. The molecule has 3 nitrogen and oxygen atoms in total. The molecule has 0 saturated carbocycles. The van der Waals surface area contributed by atoms with Gasteiger partial charge in [0.2, 0.25) is 0 Å². The molecule has 1 aliphatic rings. The SMILES string of the molecule is Oc1cc(Br)cc(CC2CCCN2)c1O. The van der Waals surface area contributed by atoms with Crippen molar-refractivity contribution in [3.8, 4) is 11.5 Å². The van der Waals surface area contributed by atoms with E-state index in [2.05, 4.69) is 21.2 Å². The molecule has 1 atom stereocenters. The van der Waals surface area contributed by atoms with E-state index in [1.165, 1.54) is 12.5 Å². The van der Waals surface area contributed by atoms with Crippen LogP contribution in [0.4, 0.5) is 0 Å². The molecule has 0 aliphatic carbocycles. The smallest absolute Gasteiger partial charge is 0.160 e. The number of benzene rings is 1. The summed E-state index contributed by atoms with van der Waals surface area (Å²) in [5.74, 6) is -0.0516. The third kappa shape index (κ3) is 2.44. The van der Waals surface area contributed by atoms with Crippen molar-refractivity contribution in [3.63, 3.8) is 0 Å². The van der Waals surface area contributed by atoms with E-state index in [1.807, 2.05) is 6.07 Å². The maximum Gasteiger partial charge on any atom is 0.160 e. The van der Waals surface area contributed by atoms with Crippen LogP contribution in [0.25, 0.3) is 0 Å². The summed E-state index contributed by atoms with van der Waals surface area (Å²) in [6.07, 6.45) is 3.08. The summed E-state index contributed by atoms with van der Waals surface area (Å²) in [5.41, 5.74) is 0.793. The standard InChI is InChI=1S/C11H14BrNO2/c12-8-4-7(11(15)10(14)6-8)5-9-2-1-3-13-9/h4,6,9,13-15H,1-3,5H2. The Labute approximate surface area is 97.3 Å². The minimum atomic E-state index is -0.0580. The summed E-state index contributed by atoms with van der Waals surface area (Å²) in [6.45, 7) is 1.05. The molecule has 1 heterocycles. The number of phenolic OH excluding ortho intramolecular Hbond substituents is 2. The van der Waals surface area contributed by atoms with Gasteiger partial charge in [0.25, 0.3) is 0 Å². The number of phenols is 2. The minimum Gasteiger partial charge on any atom is -0.504 e. The second kappa shape index (κ2) is 4.41. The highest BCUT2D eigenvalue weighted by Crippen LogP contribution is 2.33. The summed E-state index contributed by atoms with van der Waals surface area (Å²) in [4.78, 5) is 0. The molecular formula is C11H14BrNO2. The zero-order chi connectivity index (χ0) is 10.8. The molecule has 1 aromatic rings. The summed E-state index contributed by atoms with van der Waals surface area (Å²) in [5, 5.41) is 22.5.